The van der Waals surface area contributed by atoms with Crippen LogP contribution >= 0.6 is 15.9 Å². The summed E-state index contributed by atoms with van der Waals surface area (Å²) in [5.74, 6) is 0. The smallest absolute Gasteiger partial charge is 0.224 e. The van der Waals surface area contributed by atoms with E-state index in [1.54, 1.807) is 21.1 Å². The maximum absolute atomic E-state index is 11.7. The number of hydrogen-bond donors (Lipinski definition) is 0. The third kappa shape index (κ3) is 5.26. The molecule has 0 bridgehead atoms. The van der Waals surface area contributed by atoms with Gasteiger partial charge in [0.05, 0.1) is 13.2 Å². The van der Waals surface area contributed by atoms with Crippen LogP contribution in [-0.4, -0.2) is 57.4 Å². The molecule has 0 saturated carbocycles. The van der Waals surface area contributed by atoms with Gasteiger partial charge in [0.2, 0.25) is 10.0 Å². The molecule has 0 radical (unpaired) electrons. The van der Waals surface area contributed by atoms with Crippen LogP contribution in [0, 0.1) is 0 Å². The summed E-state index contributed by atoms with van der Waals surface area (Å²) in [6.45, 7) is 2.89. The molecule has 0 aromatic heterocycles. The maximum Gasteiger partial charge on any atom is 0.224 e. The van der Waals surface area contributed by atoms with Crippen LogP contribution in [0.5, 0.6) is 0 Å². The number of halogens is 1. The predicted molar refractivity (Wildman–Crippen MR) is 62.6 cm³/mol. The van der Waals surface area contributed by atoms with Gasteiger partial charge in [-0.25, -0.2) is 8.42 Å². The van der Waals surface area contributed by atoms with Crippen LogP contribution in [0.3, 0.4) is 0 Å². The minimum atomic E-state index is -3.26. The number of ether oxygens (including phenoxy) is 2. The number of nitrogens with zero attached hydrogens (tertiary/aromatic N) is 1. The van der Waals surface area contributed by atoms with Crippen molar-refractivity contribution in [1.29, 1.82) is 0 Å². The molecule has 0 aliphatic carbocycles. The van der Waals surface area contributed by atoms with Crippen LogP contribution < -0.4 is 0 Å². The van der Waals surface area contributed by atoms with Crippen LogP contribution in [0.15, 0.2) is 0 Å². The molecule has 0 aliphatic heterocycles. The number of sulfonamides is 1. The van der Waals surface area contributed by atoms with E-state index in [0.717, 1.165) is 0 Å². The van der Waals surface area contributed by atoms with Gasteiger partial charge in [0.25, 0.3) is 0 Å². The second-order valence-corrected chi connectivity index (χ2v) is 6.35. The van der Waals surface area contributed by atoms with Gasteiger partial charge in [-0.2, -0.15) is 4.31 Å². The second-order valence-electron chi connectivity index (χ2n) is 3.13. The van der Waals surface area contributed by atoms with Gasteiger partial charge >= 0.3 is 0 Å². The molecule has 0 aromatic carbocycles. The summed E-state index contributed by atoms with van der Waals surface area (Å²) in [4.78, 5) is 0. The van der Waals surface area contributed by atoms with Crippen molar-refractivity contribution in [3.8, 4) is 0 Å². The first-order valence-corrected chi connectivity index (χ1v) is 7.26. The summed E-state index contributed by atoms with van der Waals surface area (Å²) in [6.07, 6.45) is 0. The van der Waals surface area contributed by atoms with Crippen molar-refractivity contribution in [3.05, 3.63) is 0 Å². The third-order valence-electron chi connectivity index (χ3n) is 1.91. The minimum absolute atomic E-state index is 0.0855. The average Bonchev–Trinajstić information content (AvgIpc) is 2.18. The highest BCUT2D eigenvalue weighted by Crippen LogP contribution is 2.10. The van der Waals surface area contributed by atoms with Crippen LogP contribution in [-0.2, 0) is 19.5 Å². The van der Waals surface area contributed by atoms with E-state index in [4.69, 9.17) is 9.47 Å². The molecule has 0 N–H and O–H groups in total. The monoisotopic (exact) mass is 303 g/mol. The number of methoxy groups -OCH3 is 2. The zero-order valence-corrected chi connectivity index (χ0v) is 11.7. The van der Waals surface area contributed by atoms with Crippen LogP contribution in [0.25, 0.3) is 0 Å². The quantitative estimate of drug-likeness (QED) is 0.618. The number of alkyl halides is 1. The lowest BCUT2D eigenvalue weighted by Crippen LogP contribution is -2.43. The Labute approximate surface area is 99.9 Å². The topological polar surface area (TPSA) is 55.8 Å². The molecule has 0 rings (SSSR count). The van der Waals surface area contributed by atoms with Crippen LogP contribution in [0.1, 0.15) is 6.92 Å². The Morgan fingerprint density at radius 3 is 2.33 bits per heavy atom. The fourth-order valence-electron chi connectivity index (χ4n) is 1.20. The van der Waals surface area contributed by atoms with Gasteiger partial charge in [0.15, 0.2) is 0 Å². The second kappa shape index (κ2) is 7.56. The average molecular weight is 304 g/mol. The number of hydrogen-bond acceptors (Lipinski definition) is 4. The molecule has 0 aromatic rings. The van der Waals surface area contributed by atoms with E-state index in [2.05, 4.69) is 15.9 Å². The van der Waals surface area contributed by atoms with Crippen molar-refractivity contribution >= 4 is 26.0 Å². The molecular weight excluding hydrogens is 286 g/mol. The standard InChI is InChI=1S/C8H18BrNO4S/c1-8(6-14-3)10(4-5-13-2)15(11,12)7-9/h8H,4-7H2,1-3H3. The first-order valence-electron chi connectivity index (χ1n) is 4.53. The minimum Gasteiger partial charge on any atom is -0.383 e. The van der Waals surface area contributed by atoms with E-state index < -0.39 is 10.0 Å². The highest BCUT2D eigenvalue weighted by molar-refractivity contribution is 9.10. The van der Waals surface area contributed by atoms with Crippen LogP contribution in [0.4, 0.5) is 0 Å². The largest absolute Gasteiger partial charge is 0.383 e. The molecule has 0 amide bonds. The van der Waals surface area contributed by atoms with Crippen molar-refractivity contribution in [2.45, 2.75) is 13.0 Å². The van der Waals surface area contributed by atoms with Crippen molar-refractivity contribution in [3.63, 3.8) is 0 Å². The lowest BCUT2D eigenvalue weighted by molar-refractivity contribution is 0.119. The first kappa shape index (κ1) is 15.3. The molecule has 0 fully saturated rings. The van der Waals surface area contributed by atoms with E-state index >= 15 is 0 Å². The van der Waals surface area contributed by atoms with Gasteiger partial charge in [-0.1, -0.05) is 15.9 Å². The van der Waals surface area contributed by atoms with E-state index in [-0.39, 0.29) is 10.7 Å². The zero-order valence-electron chi connectivity index (χ0n) is 9.27. The third-order valence-corrected chi connectivity index (χ3v) is 5.18. The van der Waals surface area contributed by atoms with Gasteiger partial charge < -0.3 is 9.47 Å². The van der Waals surface area contributed by atoms with E-state index in [1.807, 2.05) is 0 Å². The Balaban J connectivity index is 4.57. The molecule has 15 heavy (non-hydrogen) atoms. The Hall–Kier alpha value is 0.310. The maximum atomic E-state index is 11.7. The molecule has 0 aliphatic rings. The van der Waals surface area contributed by atoms with Crippen molar-refractivity contribution < 1.29 is 17.9 Å². The lowest BCUT2D eigenvalue weighted by Gasteiger charge is -2.26. The Kier molecular flexibility index (Phi) is 7.72. The van der Waals surface area contributed by atoms with E-state index in [1.165, 1.54) is 4.31 Å². The van der Waals surface area contributed by atoms with Crippen LogP contribution in [0.2, 0.25) is 0 Å². The molecule has 1 unspecified atom stereocenters. The summed E-state index contributed by atoms with van der Waals surface area (Å²) in [5.41, 5.74) is 0. The van der Waals surface area contributed by atoms with Gasteiger partial charge in [-0.15, -0.1) is 0 Å². The van der Waals surface area contributed by atoms with Crippen molar-refractivity contribution in [2.24, 2.45) is 0 Å². The molecule has 92 valence electrons. The summed E-state index contributed by atoms with van der Waals surface area (Å²) >= 11 is 2.97. The molecule has 1 atom stereocenters. The van der Waals surface area contributed by atoms with Gasteiger partial charge in [0.1, 0.15) is 4.66 Å². The summed E-state index contributed by atoms with van der Waals surface area (Å²) in [6, 6.07) is -0.187. The highest BCUT2D eigenvalue weighted by atomic mass is 79.9. The van der Waals surface area contributed by atoms with Gasteiger partial charge in [-0.05, 0) is 6.92 Å². The van der Waals surface area contributed by atoms with Crippen molar-refractivity contribution in [2.75, 3.05) is 38.6 Å². The zero-order chi connectivity index (χ0) is 11.9. The Morgan fingerprint density at radius 2 is 1.93 bits per heavy atom. The lowest BCUT2D eigenvalue weighted by atomic mass is 10.3. The molecule has 7 heteroatoms. The molecule has 0 saturated heterocycles. The first-order chi connectivity index (χ1) is 6.99. The summed E-state index contributed by atoms with van der Waals surface area (Å²) in [7, 11) is -0.175. The Bertz CT molecular complexity index is 257. The SMILES string of the molecule is COCCN(C(C)COC)S(=O)(=O)CBr. The summed E-state index contributed by atoms with van der Waals surface area (Å²) in [5, 5.41) is 0. The molecule has 0 spiro atoms. The van der Waals surface area contributed by atoms with E-state index in [9.17, 15) is 8.42 Å². The van der Waals surface area contributed by atoms with E-state index in [0.29, 0.717) is 19.8 Å². The summed E-state index contributed by atoms with van der Waals surface area (Å²) < 4.78 is 34.5. The molecule has 5 nitrogen and oxygen atoms in total. The molecule has 0 heterocycles. The van der Waals surface area contributed by atoms with Gasteiger partial charge in [0, 0.05) is 26.8 Å². The predicted octanol–water partition coefficient (Wildman–Crippen LogP) is 0.652. The van der Waals surface area contributed by atoms with Gasteiger partial charge in [-0.3, -0.25) is 0 Å². The fourth-order valence-corrected chi connectivity index (χ4v) is 3.08. The normalized spacial score (nSPS) is 14.5. The molecular formula is C8H18BrNO4S. The fraction of sp³-hybridized carbons (Fsp3) is 1.00. The highest BCUT2D eigenvalue weighted by Gasteiger charge is 2.25. The Morgan fingerprint density at radius 1 is 1.33 bits per heavy atom. The number of rotatable bonds is 8. The van der Waals surface area contributed by atoms with Crippen molar-refractivity contribution in [1.82, 2.24) is 4.31 Å².